The number of halogens is 4. The number of carbonyl (C=O) groups is 1. The Hall–Kier alpha value is -0.490. The third kappa shape index (κ3) is 3.01. The molecule has 0 aliphatic heterocycles. The van der Waals surface area contributed by atoms with Crippen LogP contribution in [0.3, 0.4) is 0 Å². The Balaban J connectivity index is 3.05. The van der Waals surface area contributed by atoms with Gasteiger partial charge in [0.1, 0.15) is 0 Å². The van der Waals surface area contributed by atoms with Gasteiger partial charge in [0, 0.05) is 10.0 Å². The van der Waals surface area contributed by atoms with Crippen molar-refractivity contribution in [2.75, 3.05) is 6.61 Å². The maximum Gasteiger partial charge on any atom is 0.310 e. The van der Waals surface area contributed by atoms with E-state index in [0.29, 0.717) is 4.47 Å². The molecule has 0 fully saturated rings. The summed E-state index contributed by atoms with van der Waals surface area (Å²) in [6, 6.07) is 1.35. The molecule has 0 aliphatic carbocycles. The van der Waals surface area contributed by atoms with Gasteiger partial charge in [-0.1, -0.05) is 15.9 Å². The van der Waals surface area contributed by atoms with Gasteiger partial charge in [0.15, 0.2) is 11.6 Å². The van der Waals surface area contributed by atoms with Gasteiger partial charge in [0.05, 0.1) is 17.5 Å². The van der Waals surface area contributed by atoms with Crippen LogP contribution in [0.25, 0.3) is 0 Å². The van der Waals surface area contributed by atoms with Gasteiger partial charge in [-0.2, -0.15) is 0 Å². The van der Waals surface area contributed by atoms with Crippen LogP contribution in [0, 0.1) is 11.6 Å². The zero-order chi connectivity index (χ0) is 12.3. The quantitative estimate of drug-likeness (QED) is 0.469. The van der Waals surface area contributed by atoms with Crippen LogP contribution in [-0.2, 0) is 16.0 Å². The molecule has 1 aromatic rings. The summed E-state index contributed by atoms with van der Waals surface area (Å²) in [7, 11) is 0. The highest BCUT2D eigenvalue weighted by Crippen LogP contribution is 2.29. The van der Waals surface area contributed by atoms with E-state index in [1.54, 1.807) is 6.92 Å². The first-order valence-corrected chi connectivity index (χ1v) is 6.03. The zero-order valence-corrected chi connectivity index (χ0v) is 11.5. The molecule has 1 aromatic carbocycles. The summed E-state index contributed by atoms with van der Waals surface area (Å²) in [5.41, 5.74) is -0.0425. The molecule has 1 rings (SSSR count). The summed E-state index contributed by atoms with van der Waals surface area (Å²) < 4.78 is 31.7. The molecular weight excluding hydrogens is 350 g/mol. The molecule has 0 unspecified atom stereocenters. The van der Waals surface area contributed by atoms with Crippen LogP contribution < -0.4 is 0 Å². The Labute approximate surface area is 108 Å². The number of hydrogen-bond donors (Lipinski definition) is 0. The monoisotopic (exact) mass is 356 g/mol. The molecule has 0 spiro atoms. The van der Waals surface area contributed by atoms with E-state index in [4.69, 9.17) is 0 Å². The first-order chi connectivity index (χ1) is 7.47. The van der Waals surface area contributed by atoms with Crippen LogP contribution in [0.15, 0.2) is 15.0 Å². The summed E-state index contributed by atoms with van der Waals surface area (Å²) in [5, 5.41) is 0. The molecule has 0 atom stereocenters. The minimum Gasteiger partial charge on any atom is -0.466 e. The van der Waals surface area contributed by atoms with Crippen molar-refractivity contribution in [2.45, 2.75) is 13.3 Å². The molecule has 0 bridgehead atoms. The minimum absolute atomic E-state index is 0.00415. The van der Waals surface area contributed by atoms with Crippen molar-refractivity contribution in [3.63, 3.8) is 0 Å². The molecule has 0 aliphatic rings. The van der Waals surface area contributed by atoms with Gasteiger partial charge < -0.3 is 4.74 Å². The van der Waals surface area contributed by atoms with Crippen molar-refractivity contribution in [3.8, 4) is 0 Å². The van der Waals surface area contributed by atoms with E-state index in [9.17, 15) is 13.6 Å². The fourth-order valence-electron chi connectivity index (χ4n) is 1.12. The van der Waals surface area contributed by atoms with Crippen molar-refractivity contribution >= 4 is 37.8 Å². The largest absolute Gasteiger partial charge is 0.466 e. The van der Waals surface area contributed by atoms with Crippen LogP contribution in [0.1, 0.15) is 12.5 Å². The Morgan fingerprint density at radius 3 is 2.50 bits per heavy atom. The van der Waals surface area contributed by atoms with Gasteiger partial charge in [-0.05, 0) is 28.9 Å². The average molecular weight is 358 g/mol. The first kappa shape index (κ1) is 13.6. The highest BCUT2D eigenvalue weighted by atomic mass is 79.9. The van der Waals surface area contributed by atoms with Crippen LogP contribution in [0.4, 0.5) is 8.78 Å². The maximum atomic E-state index is 13.5. The van der Waals surface area contributed by atoms with Crippen LogP contribution in [0.5, 0.6) is 0 Å². The summed E-state index contributed by atoms with van der Waals surface area (Å²) in [5.74, 6) is -2.65. The smallest absolute Gasteiger partial charge is 0.310 e. The molecule has 2 nitrogen and oxygen atoms in total. The Morgan fingerprint density at radius 1 is 1.31 bits per heavy atom. The van der Waals surface area contributed by atoms with Gasteiger partial charge in [-0.25, -0.2) is 8.78 Å². The number of ether oxygens (including phenoxy) is 1. The molecule has 0 amide bonds. The summed E-state index contributed by atoms with van der Waals surface area (Å²) in [6.45, 7) is 1.85. The van der Waals surface area contributed by atoms with Crippen LogP contribution in [-0.4, -0.2) is 12.6 Å². The van der Waals surface area contributed by atoms with Gasteiger partial charge in [-0.3, -0.25) is 4.79 Å². The van der Waals surface area contributed by atoms with Crippen molar-refractivity contribution in [2.24, 2.45) is 0 Å². The second-order valence-electron chi connectivity index (χ2n) is 2.93. The van der Waals surface area contributed by atoms with Crippen molar-refractivity contribution in [1.82, 2.24) is 0 Å². The molecule has 6 heteroatoms. The number of esters is 1. The van der Waals surface area contributed by atoms with Gasteiger partial charge in [0.2, 0.25) is 0 Å². The van der Waals surface area contributed by atoms with E-state index < -0.39 is 17.6 Å². The molecule has 0 heterocycles. The van der Waals surface area contributed by atoms with E-state index in [1.807, 2.05) is 0 Å². The number of hydrogen-bond acceptors (Lipinski definition) is 2. The Bertz CT molecular complexity index is 422. The fraction of sp³-hybridized carbons (Fsp3) is 0.300. The lowest BCUT2D eigenvalue weighted by atomic mass is 10.1. The third-order valence-electron chi connectivity index (χ3n) is 1.84. The lowest BCUT2D eigenvalue weighted by Crippen LogP contribution is -2.10. The predicted molar refractivity (Wildman–Crippen MR) is 62.1 cm³/mol. The Kier molecular flexibility index (Phi) is 4.86. The van der Waals surface area contributed by atoms with E-state index in [1.165, 1.54) is 6.07 Å². The standard InChI is InChI=1S/C10H8Br2F2O2/c1-2-16-8(15)3-5-6(11)4-7(12)10(14)9(5)13/h4H,2-3H2,1H3. The average Bonchev–Trinajstić information content (AvgIpc) is 2.22. The molecule has 16 heavy (non-hydrogen) atoms. The van der Waals surface area contributed by atoms with Gasteiger partial charge >= 0.3 is 5.97 Å². The highest BCUT2D eigenvalue weighted by molar-refractivity contribution is 9.11. The number of rotatable bonds is 3. The van der Waals surface area contributed by atoms with Gasteiger partial charge in [-0.15, -0.1) is 0 Å². The normalized spacial score (nSPS) is 10.3. The number of carbonyl (C=O) groups excluding carboxylic acids is 1. The van der Waals surface area contributed by atoms with E-state index >= 15 is 0 Å². The predicted octanol–water partition coefficient (Wildman–Crippen LogP) is 3.60. The van der Waals surface area contributed by atoms with E-state index in [2.05, 4.69) is 36.6 Å². The van der Waals surface area contributed by atoms with Crippen molar-refractivity contribution < 1.29 is 18.3 Å². The lowest BCUT2D eigenvalue weighted by Gasteiger charge is -2.08. The molecule has 0 aromatic heterocycles. The third-order valence-corrected chi connectivity index (χ3v) is 3.12. The molecular formula is C10H8Br2F2O2. The summed E-state index contributed by atoms with van der Waals surface area (Å²) in [6.07, 6.45) is -0.301. The second-order valence-corrected chi connectivity index (χ2v) is 4.64. The van der Waals surface area contributed by atoms with E-state index in [-0.39, 0.29) is 23.1 Å². The van der Waals surface area contributed by atoms with Crippen LogP contribution in [0.2, 0.25) is 0 Å². The zero-order valence-electron chi connectivity index (χ0n) is 8.32. The van der Waals surface area contributed by atoms with Crippen LogP contribution >= 0.6 is 31.9 Å². The number of benzene rings is 1. The topological polar surface area (TPSA) is 26.3 Å². The molecule has 0 N–H and O–H groups in total. The van der Waals surface area contributed by atoms with Gasteiger partial charge in [0.25, 0.3) is 0 Å². The maximum absolute atomic E-state index is 13.5. The lowest BCUT2D eigenvalue weighted by molar-refractivity contribution is -0.142. The highest BCUT2D eigenvalue weighted by Gasteiger charge is 2.18. The van der Waals surface area contributed by atoms with Crippen molar-refractivity contribution in [3.05, 3.63) is 32.2 Å². The second kappa shape index (κ2) is 5.72. The van der Waals surface area contributed by atoms with Crippen molar-refractivity contribution in [1.29, 1.82) is 0 Å². The summed E-state index contributed by atoms with van der Waals surface area (Å²) >= 11 is 5.93. The SMILES string of the molecule is CCOC(=O)Cc1c(Br)cc(Br)c(F)c1F. The first-order valence-electron chi connectivity index (χ1n) is 4.44. The molecule has 88 valence electrons. The fourth-order valence-corrected chi connectivity index (χ4v) is 2.38. The molecule has 0 saturated carbocycles. The summed E-state index contributed by atoms with van der Waals surface area (Å²) in [4.78, 5) is 11.2. The van der Waals surface area contributed by atoms with E-state index in [0.717, 1.165) is 0 Å². The minimum atomic E-state index is -1.05. The molecule has 0 radical (unpaired) electrons. The Morgan fingerprint density at radius 2 is 1.94 bits per heavy atom. The molecule has 0 saturated heterocycles.